The Balaban J connectivity index is 1.87. The van der Waals surface area contributed by atoms with E-state index in [-0.39, 0.29) is 30.0 Å². The number of hydrogen-bond acceptors (Lipinski definition) is 2. The van der Waals surface area contributed by atoms with E-state index >= 15 is 0 Å². The van der Waals surface area contributed by atoms with Gasteiger partial charge in [0.25, 0.3) is 0 Å². The Morgan fingerprint density at radius 1 is 1.29 bits per heavy atom. The highest BCUT2D eigenvalue weighted by atomic mass is 19.4. The molecule has 0 saturated carbocycles. The maximum atomic E-state index is 13.0. The van der Waals surface area contributed by atoms with E-state index in [2.05, 4.69) is 10.6 Å². The summed E-state index contributed by atoms with van der Waals surface area (Å²) in [6, 6.07) is 4.51. The maximum absolute atomic E-state index is 13.0. The average molecular weight is 343 g/mol. The molecule has 0 aliphatic carbocycles. The van der Waals surface area contributed by atoms with Crippen LogP contribution < -0.4 is 10.6 Å². The number of urea groups is 1. The lowest BCUT2D eigenvalue weighted by atomic mass is 10.0. The number of hydrogen-bond donors (Lipinski definition) is 2. The van der Waals surface area contributed by atoms with Crippen LogP contribution in [0.25, 0.3) is 0 Å². The van der Waals surface area contributed by atoms with Crippen molar-refractivity contribution in [1.29, 1.82) is 0 Å². The summed E-state index contributed by atoms with van der Waals surface area (Å²) in [5.74, 6) is -0.155. The SMILES string of the molecule is CC(=O)NC1CN(C(=O)N[C@H](C)Cc2ccccc2C(F)(F)F)C1. The molecule has 1 aromatic carbocycles. The number of carbonyl (C=O) groups is 2. The lowest BCUT2D eigenvalue weighted by Gasteiger charge is -2.39. The quantitative estimate of drug-likeness (QED) is 0.880. The molecule has 5 nitrogen and oxygen atoms in total. The van der Waals surface area contributed by atoms with Crippen molar-refractivity contribution in [2.75, 3.05) is 13.1 Å². The van der Waals surface area contributed by atoms with Crippen LogP contribution in [0.5, 0.6) is 0 Å². The number of alkyl halides is 3. The zero-order valence-corrected chi connectivity index (χ0v) is 13.5. The maximum Gasteiger partial charge on any atom is 0.416 e. The standard InChI is InChI=1S/C16H20F3N3O2/c1-10(7-12-5-3-4-6-14(12)16(17,18)19)20-15(24)22-8-13(9-22)21-11(2)23/h3-6,10,13H,7-9H2,1-2H3,(H,20,24)(H,21,23)/t10-/m1/s1. The molecule has 0 aromatic heterocycles. The zero-order chi connectivity index (χ0) is 17.9. The second-order valence-corrected chi connectivity index (χ2v) is 6.01. The fourth-order valence-corrected chi connectivity index (χ4v) is 2.68. The zero-order valence-electron chi connectivity index (χ0n) is 13.5. The highest BCUT2D eigenvalue weighted by molar-refractivity contribution is 5.77. The molecule has 1 saturated heterocycles. The van der Waals surface area contributed by atoms with Gasteiger partial charge in [0, 0.05) is 26.1 Å². The average Bonchev–Trinajstić information content (AvgIpc) is 2.41. The van der Waals surface area contributed by atoms with Crippen LogP contribution in [0.3, 0.4) is 0 Å². The molecule has 2 rings (SSSR count). The predicted molar refractivity (Wildman–Crippen MR) is 82.3 cm³/mol. The largest absolute Gasteiger partial charge is 0.416 e. The van der Waals surface area contributed by atoms with Crippen molar-refractivity contribution < 1.29 is 22.8 Å². The third-order valence-corrected chi connectivity index (χ3v) is 3.79. The van der Waals surface area contributed by atoms with Crippen LogP contribution in [0, 0.1) is 0 Å². The highest BCUT2D eigenvalue weighted by Gasteiger charge is 2.34. The third-order valence-electron chi connectivity index (χ3n) is 3.79. The summed E-state index contributed by atoms with van der Waals surface area (Å²) in [4.78, 5) is 24.4. The first-order valence-corrected chi connectivity index (χ1v) is 7.64. The number of amides is 3. The van der Waals surface area contributed by atoms with Gasteiger partial charge in [-0.3, -0.25) is 4.79 Å². The molecule has 132 valence electrons. The van der Waals surface area contributed by atoms with E-state index in [1.165, 1.54) is 24.0 Å². The van der Waals surface area contributed by atoms with Gasteiger partial charge in [-0.1, -0.05) is 18.2 Å². The summed E-state index contributed by atoms with van der Waals surface area (Å²) >= 11 is 0. The van der Waals surface area contributed by atoms with Crippen molar-refractivity contribution in [2.24, 2.45) is 0 Å². The molecular formula is C16H20F3N3O2. The molecule has 1 aliphatic heterocycles. The van der Waals surface area contributed by atoms with E-state index in [0.717, 1.165) is 6.07 Å². The van der Waals surface area contributed by atoms with Gasteiger partial charge in [0.15, 0.2) is 0 Å². The van der Waals surface area contributed by atoms with Gasteiger partial charge >= 0.3 is 12.2 Å². The van der Waals surface area contributed by atoms with Crippen LogP contribution in [-0.4, -0.2) is 42.0 Å². The molecule has 1 fully saturated rings. The Labute approximate surface area is 138 Å². The number of benzene rings is 1. The molecule has 1 aliphatic rings. The van der Waals surface area contributed by atoms with E-state index in [9.17, 15) is 22.8 Å². The molecular weight excluding hydrogens is 323 g/mol. The minimum absolute atomic E-state index is 0.0606. The fraction of sp³-hybridized carbons (Fsp3) is 0.500. The molecule has 0 spiro atoms. The number of rotatable bonds is 4. The minimum atomic E-state index is -4.41. The highest BCUT2D eigenvalue weighted by Crippen LogP contribution is 2.32. The first-order chi connectivity index (χ1) is 11.2. The van der Waals surface area contributed by atoms with E-state index < -0.39 is 17.8 Å². The Morgan fingerprint density at radius 3 is 2.50 bits per heavy atom. The Morgan fingerprint density at radius 2 is 1.92 bits per heavy atom. The third kappa shape index (κ3) is 4.62. The van der Waals surface area contributed by atoms with Gasteiger partial charge in [-0.25, -0.2) is 4.79 Å². The van der Waals surface area contributed by atoms with Crippen LogP contribution in [-0.2, 0) is 17.4 Å². The number of nitrogens with one attached hydrogen (secondary N) is 2. The monoisotopic (exact) mass is 343 g/mol. The molecule has 3 amide bonds. The second-order valence-electron chi connectivity index (χ2n) is 6.01. The fourth-order valence-electron chi connectivity index (χ4n) is 2.68. The predicted octanol–water partition coefficient (Wildman–Crippen LogP) is 2.17. The van der Waals surface area contributed by atoms with E-state index in [4.69, 9.17) is 0 Å². The normalized spacial score (nSPS) is 16.3. The number of likely N-dealkylation sites (tertiary alicyclic amines) is 1. The van der Waals surface area contributed by atoms with Crippen LogP contribution in [0.1, 0.15) is 25.0 Å². The van der Waals surface area contributed by atoms with Gasteiger partial charge < -0.3 is 15.5 Å². The number of halogens is 3. The van der Waals surface area contributed by atoms with Crippen LogP contribution in [0.2, 0.25) is 0 Å². The molecule has 1 aromatic rings. The van der Waals surface area contributed by atoms with Crippen molar-refractivity contribution in [3.05, 3.63) is 35.4 Å². The summed E-state index contributed by atoms with van der Waals surface area (Å²) in [6.45, 7) is 3.87. The summed E-state index contributed by atoms with van der Waals surface area (Å²) in [7, 11) is 0. The van der Waals surface area contributed by atoms with Crippen LogP contribution >= 0.6 is 0 Å². The van der Waals surface area contributed by atoms with Crippen LogP contribution in [0.15, 0.2) is 24.3 Å². The van der Waals surface area contributed by atoms with Gasteiger partial charge in [-0.05, 0) is 25.0 Å². The first-order valence-electron chi connectivity index (χ1n) is 7.64. The van der Waals surface area contributed by atoms with Gasteiger partial charge in [-0.2, -0.15) is 13.2 Å². The molecule has 1 atom stereocenters. The van der Waals surface area contributed by atoms with Gasteiger partial charge in [-0.15, -0.1) is 0 Å². The first kappa shape index (κ1) is 18.1. The Kier molecular flexibility index (Phi) is 5.36. The lowest BCUT2D eigenvalue weighted by Crippen LogP contribution is -2.63. The van der Waals surface area contributed by atoms with E-state index in [1.54, 1.807) is 13.0 Å². The molecule has 24 heavy (non-hydrogen) atoms. The van der Waals surface area contributed by atoms with Crippen molar-refractivity contribution in [1.82, 2.24) is 15.5 Å². The van der Waals surface area contributed by atoms with E-state index in [1.807, 2.05) is 0 Å². The Hall–Kier alpha value is -2.25. The van der Waals surface area contributed by atoms with Crippen molar-refractivity contribution in [3.63, 3.8) is 0 Å². The summed E-state index contributed by atoms with van der Waals surface area (Å²) in [5.41, 5.74) is -0.529. The van der Waals surface area contributed by atoms with Gasteiger partial charge in [0.1, 0.15) is 0 Å². The van der Waals surface area contributed by atoms with Crippen LogP contribution in [0.4, 0.5) is 18.0 Å². The molecule has 0 bridgehead atoms. The lowest BCUT2D eigenvalue weighted by molar-refractivity contribution is -0.138. The molecule has 8 heteroatoms. The van der Waals surface area contributed by atoms with Crippen molar-refractivity contribution in [3.8, 4) is 0 Å². The smallest absolute Gasteiger partial charge is 0.350 e. The number of nitrogens with zero attached hydrogens (tertiary/aromatic N) is 1. The van der Waals surface area contributed by atoms with E-state index in [0.29, 0.717) is 13.1 Å². The van der Waals surface area contributed by atoms with Gasteiger partial charge in [0.05, 0.1) is 11.6 Å². The molecule has 0 radical (unpaired) electrons. The number of carbonyl (C=O) groups excluding carboxylic acids is 2. The van der Waals surface area contributed by atoms with Gasteiger partial charge in [0.2, 0.25) is 5.91 Å². The minimum Gasteiger partial charge on any atom is -0.350 e. The summed E-state index contributed by atoms with van der Waals surface area (Å²) in [5, 5.41) is 5.39. The topological polar surface area (TPSA) is 61.4 Å². The molecule has 2 N–H and O–H groups in total. The second kappa shape index (κ2) is 7.11. The Bertz CT molecular complexity index is 613. The van der Waals surface area contributed by atoms with Crippen molar-refractivity contribution >= 4 is 11.9 Å². The summed E-state index contributed by atoms with van der Waals surface area (Å²) in [6.07, 6.45) is -4.33. The molecule has 1 heterocycles. The summed E-state index contributed by atoms with van der Waals surface area (Å²) < 4.78 is 38.9. The van der Waals surface area contributed by atoms with Crippen molar-refractivity contribution in [2.45, 2.75) is 38.5 Å². The molecule has 0 unspecified atom stereocenters.